The molecule has 0 fully saturated rings. The van der Waals surface area contributed by atoms with Crippen LogP contribution >= 0.6 is 0 Å². The molecule has 0 aromatic rings. The first kappa shape index (κ1) is 7.64. The van der Waals surface area contributed by atoms with Gasteiger partial charge in [-0.25, -0.2) is 0 Å². The molecule has 0 aromatic carbocycles. The van der Waals surface area contributed by atoms with Gasteiger partial charge >= 0.3 is 0 Å². The molecule has 0 bridgehead atoms. The van der Waals surface area contributed by atoms with Gasteiger partial charge in [0.15, 0.2) is 0 Å². The van der Waals surface area contributed by atoms with Gasteiger partial charge in [-0.15, -0.1) is 0 Å². The summed E-state index contributed by atoms with van der Waals surface area (Å²) in [6.45, 7) is 10.0. The van der Waals surface area contributed by atoms with E-state index in [9.17, 15) is 0 Å². The van der Waals surface area contributed by atoms with Crippen molar-refractivity contribution >= 4 is 0 Å². The lowest BCUT2D eigenvalue weighted by molar-refractivity contribution is 0.394. The summed E-state index contributed by atoms with van der Waals surface area (Å²) in [4.78, 5) is 0. The minimum atomic E-state index is 0.764. The van der Waals surface area contributed by atoms with Crippen molar-refractivity contribution in [1.82, 2.24) is 5.32 Å². The van der Waals surface area contributed by atoms with E-state index in [1.165, 1.54) is 5.70 Å². The molecule has 2 atom stereocenters. The highest BCUT2D eigenvalue weighted by Crippen LogP contribution is 2.37. The van der Waals surface area contributed by atoms with Gasteiger partial charge in [-0.1, -0.05) is 19.4 Å². The molecule has 0 radical (unpaired) electrons. The predicted octanol–water partition coefficient (Wildman–Crippen LogP) is 2.16. The van der Waals surface area contributed by atoms with Crippen molar-refractivity contribution < 1.29 is 0 Å². The number of rotatable bonds is 2. The summed E-state index contributed by atoms with van der Waals surface area (Å²) in [6, 6.07) is 0. The van der Waals surface area contributed by atoms with Crippen LogP contribution < -0.4 is 5.32 Å². The molecule has 0 saturated carbocycles. The Hall–Kier alpha value is -0.460. The maximum atomic E-state index is 3.39. The quantitative estimate of drug-likeness (QED) is 0.618. The summed E-state index contributed by atoms with van der Waals surface area (Å²) in [7, 11) is 0. The largest absolute Gasteiger partial charge is 0.388 e. The lowest BCUT2D eigenvalue weighted by atomic mass is 9.74. The van der Waals surface area contributed by atoms with E-state index in [4.69, 9.17) is 0 Å². The third-order valence-electron chi connectivity index (χ3n) is 2.68. The van der Waals surface area contributed by atoms with Crippen LogP contribution in [0.15, 0.2) is 11.3 Å². The number of allylic oxidation sites excluding steroid dienone is 2. The van der Waals surface area contributed by atoms with Gasteiger partial charge < -0.3 is 5.32 Å². The molecule has 1 aliphatic rings. The molecule has 0 amide bonds. The molecular weight excluding hydrogens is 122 g/mol. The van der Waals surface area contributed by atoms with Crippen LogP contribution in [-0.4, -0.2) is 6.54 Å². The van der Waals surface area contributed by atoms with Gasteiger partial charge in [-0.05, 0) is 19.8 Å². The second-order valence-corrected chi connectivity index (χ2v) is 3.20. The molecule has 0 aliphatic heterocycles. The maximum absolute atomic E-state index is 3.39. The molecule has 0 aromatic heterocycles. The molecular formula is C9H17N. The summed E-state index contributed by atoms with van der Waals surface area (Å²) < 4.78 is 0. The van der Waals surface area contributed by atoms with Crippen LogP contribution in [-0.2, 0) is 0 Å². The summed E-state index contributed by atoms with van der Waals surface area (Å²) in [6.07, 6.45) is 0. The lowest BCUT2D eigenvalue weighted by Gasteiger charge is -2.36. The summed E-state index contributed by atoms with van der Waals surface area (Å²) in [5.74, 6) is 1.56. The molecule has 10 heavy (non-hydrogen) atoms. The molecule has 2 unspecified atom stereocenters. The summed E-state index contributed by atoms with van der Waals surface area (Å²) in [5.41, 5.74) is 3.03. The van der Waals surface area contributed by atoms with E-state index in [0.717, 1.165) is 18.4 Å². The molecule has 1 aliphatic carbocycles. The van der Waals surface area contributed by atoms with Gasteiger partial charge in [0.1, 0.15) is 0 Å². The third-order valence-corrected chi connectivity index (χ3v) is 2.68. The first-order chi connectivity index (χ1) is 4.68. The summed E-state index contributed by atoms with van der Waals surface area (Å²) >= 11 is 0. The minimum Gasteiger partial charge on any atom is -0.388 e. The molecule has 1 rings (SSSR count). The zero-order valence-electron chi connectivity index (χ0n) is 7.36. The first-order valence-electron chi connectivity index (χ1n) is 4.13. The van der Waals surface area contributed by atoms with Crippen LogP contribution in [0.25, 0.3) is 0 Å². The van der Waals surface area contributed by atoms with Crippen LogP contribution in [0, 0.1) is 11.8 Å². The van der Waals surface area contributed by atoms with Gasteiger partial charge in [0, 0.05) is 18.2 Å². The van der Waals surface area contributed by atoms with E-state index in [0.29, 0.717) is 0 Å². The third kappa shape index (κ3) is 0.938. The van der Waals surface area contributed by atoms with Crippen molar-refractivity contribution in [2.24, 2.45) is 11.8 Å². The van der Waals surface area contributed by atoms with E-state index in [1.807, 2.05) is 0 Å². The monoisotopic (exact) mass is 139 g/mol. The average Bonchev–Trinajstić information content (AvgIpc) is 1.98. The Bertz CT molecular complexity index is 158. The lowest BCUT2D eigenvalue weighted by Crippen LogP contribution is -2.34. The van der Waals surface area contributed by atoms with Crippen LogP contribution in [0.1, 0.15) is 27.7 Å². The van der Waals surface area contributed by atoms with Crippen molar-refractivity contribution in [3.8, 4) is 0 Å². The van der Waals surface area contributed by atoms with E-state index in [2.05, 4.69) is 33.0 Å². The van der Waals surface area contributed by atoms with Gasteiger partial charge in [-0.3, -0.25) is 0 Å². The van der Waals surface area contributed by atoms with E-state index in [1.54, 1.807) is 5.57 Å². The highest BCUT2D eigenvalue weighted by Gasteiger charge is 2.29. The number of hydrogen-bond acceptors (Lipinski definition) is 1. The fourth-order valence-electron chi connectivity index (χ4n) is 1.62. The number of hydrogen-bond donors (Lipinski definition) is 1. The Labute approximate surface area is 63.5 Å². The Balaban J connectivity index is 2.59. The van der Waals surface area contributed by atoms with E-state index >= 15 is 0 Å². The topological polar surface area (TPSA) is 12.0 Å². The molecule has 0 saturated heterocycles. The molecule has 58 valence electrons. The minimum absolute atomic E-state index is 0.764. The first-order valence-corrected chi connectivity index (χ1v) is 4.13. The Kier molecular flexibility index (Phi) is 2.02. The fraction of sp³-hybridized carbons (Fsp3) is 0.778. The molecule has 1 nitrogen and oxygen atoms in total. The van der Waals surface area contributed by atoms with Crippen LogP contribution in [0.2, 0.25) is 0 Å². The normalized spacial score (nSPS) is 32.0. The standard InChI is InChI=1S/C9H17N/c1-5-10-9-7(3)6(2)8(9)4/h6-7,10H,5H2,1-4H3. The highest BCUT2D eigenvalue weighted by molar-refractivity contribution is 5.27. The SMILES string of the molecule is CCNC1=C(C)C(C)C1C. The predicted molar refractivity (Wildman–Crippen MR) is 44.7 cm³/mol. The molecule has 0 spiro atoms. The van der Waals surface area contributed by atoms with Gasteiger partial charge in [-0.2, -0.15) is 0 Å². The Morgan fingerprint density at radius 2 is 1.90 bits per heavy atom. The Morgan fingerprint density at radius 3 is 2.30 bits per heavy atom. The second kappa shape index (κ2) is 2.65. The zero-order chi connectivity index (χ0) is 7.72. The maximum Gasteiger partial charge on any atom is 0.0133 e. The second-order valence-electron chi connectivity index (χ2n) is 3.20. The van der Waals surface area contributed by atoms with Crippen LogP contribution in [0.4, 0.5) is 0 Å². The van der Waals surface area contributed by atoms with Crippen molar-refractivity contribution in [3.63, 3.8) is 0 Å². The Morgan fingerprint density at radius 1 is 1.30 bits per heavy atom. The smallest absolute Gasteiger partial charge is 0.0133 e. The zero-order valence-corrected chi connectivity index (χ0v) is 7.36. The van der Waals surface area contributed by atoms with E-state index in [-0.39, 0.29) is 0 Å². The molecule has 1 N–H and O–H groups in total. The van der Waals surface area contributed by atoms with Gasteiger partial charge in [0.05, 0.1) is 0 Å². The summed E-state index contributed by atoms with van der Waals surface area (Å²) in [5, 5.41) is 3.39. The van der Waals surface area contributed by atoms with Crippen LogP contribution in [0.5, 0.6) is 0 Å². The van der Waals surface area contributed by atoms with Crippen molar-refractivity contribution in [1.29, 1.82) is 0 Å². The van der Waals surface area contributed by atoms with Gasteiger partial charge in [0.2, 0.25) is 0 Å². The van der Waals surface area contributed by atoms with Crippen molar-refractivity contribution in [2.45, 2.75) is 27.7 Å². The van der Waals surface area contributed by atoms with E-state index < -0.39 is 0 Å². The molecule has 0 heterocycles. The molecule has 1 heteroatoms. The van der Waals surface area contributed by atoms with Crippen molar-refractivity contribution in [2.75, 3.05) is 6.54 Å². The number of nitrogens with one attached hydrogen (secondary N) is 1. The highest BCUT2D eigenvalue weighted by atomic mass is 14.9. The van der Waals surface area contributed by atoms with Gasteiger partial charge in [0.25, 0.3) is 0 Å². The van der Waals surface area contributed by atoms with Crippen LogP contribution in [0.3, 0.4) is 0 Å². The fourth-order valence-corrected chi connectivity index (χ4v) is 1.62. The van der Waals surface area contributed by atoms with Crippen molar-refractivity contribution in [3.05, 3.63) is 11.3 Å². The average molecular weight is 139 g/mol.